The summed E-state index contributed by atoms with van der Waals surface area (Å²) in [6.07, 6.45) is 0.686. The summed E-state index contributed by atoms with van der Waals surface area (Å²) in [7, 11) is -1.63. The summed E-state index contributed by atoms with van der Waals surface area (Å²) in [6.45, 7) is 4.63. The first-order valence-corrected chi connectivity index (χ1v) is 10.7. The average Bonchev–Trinajstić information content (AvgIpc) is 3.15. The number of hydrogen-bond donors (Lipinski definition) is 3. The van der Waals surface area contributed by atoms with Gasteiger partial charge in [-0.3, -0.25) is 9.69 Å². The highest BCUT2D eigenvalue weighted by Gasteiger charge is 2.32. The molecule has 160 valence electrons. The topological polar surface area (TPSA) is 82.0 Å². The molecule has 30 heavy (non-hydrogen) atoms. The van der Waals surface area contributed by atoms with Crippen LogP contribution >= 0.6 is 11.6 Å². The van der Waals surface area contributed by atoms with E-state index in [1.165, 1.54) is 0 Å². The Morgan fingerprint density at radius 2 is 2.00 bits per heavy atom. The summed E-state index contributed by atoms with van der Waals surface area (Å²) in [5.41, 5.74) is 2.17. The van der Waals surface area contributed by atoms with Gasteiger partial charge < -0.3 is 20.1 Å². The van der Waals surface area contributed by atoms with Crippen LogP contribution in [0.25, 0.3) is 0 Å². The van der Waals surface area contributed by atoms with Crippen molar-refractivity contribution in [2.45, 2.75) is 38.2 Å². The maximum absolute atomic E-state index is 12.5. The summed E-state index contributed by atoms with van der Waals surface area (Å²) < 4.78 is 5.66. The van der Waals surface area contributed by atoms with Crippen LogP contribution in [0.5, 0.6) is 5.75 Å². The molecule has 6 nitrogen and oxygen atoms in total. The Labute approximate surface area is 183 Å². The Hall–Kier alpha value is -2.06. The first-order chi connectivity index (χ1) is 14.5. The molecule has 1 amide bonds. The molecule has 2 aromatic carbocycles. The van der Waals surface area contributed by atoms with E-state index in [0.717, 1.165) is 30.0 Å². The number of hydrogen-bond acceptors (Lipinski definition) is 5. The van der Waals surface area contributed by atoms with Gasteiger partial charge in [0.25, 0.3) is 0 Å². The summed E-state index contributed by atoms with van der Waals surface area (Å²) in [6, 6.07) is 15.4. The van der Waals surface area contributed by atoms with Crippen LogP contribution in [0.1, 0.15) is 36.8 Å². The number of carbonyl (C=O) groups is 1. The molecular formula is C22H28BClN2O4. The molecule has 1 heterocycles. The standard InChI is InChI=1S/C22H28BClN2O4/c1-2-26(14-16-7-9-18(24)10-8-16)12-11-22(27)25-21(23(28)29)13-17-15-30-20-6-4-3-5-19(17)20/h3-10,17,21,28-29H,2,11-15H2,1H3,(H,25,27)/t17-,21+/m1/s1. The van der Waals surface area contributed by atoms with E-state index < -0.39 is 13.1 Å². The molecule has 1 aliphatic heterocycles. The lowest BCUT2D eigenvalue weighted by Gasteiger charge is -2.23. The minimum Gasteiger partial charge on any atom is -0.493 e. The Kier molecular flexibility index (Phi) is 8.16. The van der Waals surface area contributed by atoms with Crippen molar-refractivity contribution in [1.29, 1.82) is 0 Å². The van der Waals surface area contributed by atoms with E-state index in [0.29, 0.717) is 24.6 Å². The van der Waals surface area contributed by atoms with Crippen LogP contribution in [0.3, 0.4) is 0 Å². The molecule has 0 aliphatic carbocycles. The summed E-state index contributed by atoms with van der Waals surface area (Å²) in [4.78, 5) is 14.6. The largest absolute Gasteiger partial charge is 0.493 e. The number of fused-ring (bicyclic) bond motifs is 1. The summed E-state index contributed by atoms with van der Waals surface area (Å²) in [5.74, 6) is -0.107. The molecule has 0 saturated heterocycles. The molecule has 0 unspecified atom stereocenters. The zero-order chi connectivity index (χ0) is 21.5. The molecule has 0 fully saturated rings. The van der Waals surface area contributed by atoms with E-state index in [2.05, 4.69) is 10.2 Å². The van der Waals surface area contributed by atoms with E-state index in [4.69, 9.17) is 16.3 Å². The minimum absolute atomic E-state index is 0.0188. The first kappa shape index (κ1) is 22.6. The number of nitrogens with zero attached hydrogens (tertiary/aromatic N) is 1. The van der Waals surface area contributed by atoms with E-state index in [9.17, 15) is 14.8 Å². The normalized spacial score (nSPS) is 16.1. The predicted octanol–water partition coefficient (Wildman–Crippen LogP) is 2.62. The van der Waals surface area contributed by atoms with Crippen molar-refractivity contribution >= 4 is 24.6 Å². The van der Waals surface area contributed by atoms with Crippen molar-refractivity contribution in [1.82, 2.24) is 10.2 Å². The van der Waals surface area contributed by atoms with Crippen LogP contribution in [-0.2, 0) is 11.3 Å². The maximum atomic E-state index is 12.5. The third-order valence-corrected chi connectivity index (χ3v) is 5.72. The van der Waals surface area contributed by atoms with Crippen LogP contribution in [0.15, 0.2) is 48.5 Å². The molecule has 0 radical (unpaired) electrons. The molecule has 3 rings (SSSR count). The third kappa shape index (κ3) is 6.22. The summed E-state index contributed by atoms with van der Waals surface area (Å²) >= 11 is 5.93. The van der Waals surface area contributed by atoms with Crippen LogP contribution in [0.4, 0.5) is 0 Å². The molecule has 2 atom stereocenters. The van der Waals surface area contributed by atoms with Crippen molar-refractivity contribution in [2.24, 2.45) is 0 Å². The highest BCUT2D eigenvalue weighted by atomic mass is 35.5. The first-order valence-electron chi connectivity index (χ1n) is 10.3. The van der Waals surface area contributed by atoms with Gasteiger partial charge in [-0.2, -0.15) is 0 Å². The Bertz CT molecular complexity index is 834. The number of carbonyl (C=O) groups excluding carboxylic acids is 1. The monoisotopic (exact) mass is 430 g/mol. The quantitative estimate of drug-likeness (QED) is 0.505. The van der Waals surface area contributed by atoms with Gasteiger partial charge in [-0.15, -0.1) is 0 Å². The fourth-order valence-corrected chi connectivity index (χ4v) is 3.85. The van der Waals surface area contributed by atoms with E-state index in [1.807, 2.05) is 55.5 Å². The van der Waals surface area contributed by atoms with Gasteiger partial charge in [-0.05, 0) is 36.7 Å². The average molecular weight is 431 g/mol. The van der Waals surface area contributed by atoms with Crippen molar-refractivity contribution in [3.63, 3.8) is 0 Å². The molecule has 3 N–H and O–H groups in total. The van der Waals surface area contributed by atoms with Crippen LogP contribution in [0, 0.1) is 0 Å². The van der Waals surface area contributed by atoms with Gasteiger partial charge in [-0.1, -0.05) is 48.9 Å². The van der Waals surface area contributed by atoms with Crippen molar-refractivity contribution in [2.75, 3.05) is 19.7 Å². The maximum Gasteiger partial charge on any atom is 0.475 e. The number of ether oxygens (including phenoxy) is 1. The molecule has 0 spiro atoms. The van der Waals surface area contributed by atoms with Crippen molar-refractivity contribution in [3.05, 3.63) is 64.7 Å². The lowest BCUT2D eigenvalue weighted by atomic mass is 9.73. The number of rotatable bonds is 10. The number of nitrogens with one attached hydrogen (secondary N) is 1. The fraction of sp³-hybridized carbons (Fsp3) is 0.409. The van der Waals surface area contributed by atoms with Crippen molar-refractivity contribution in [3.8, 4) is 5.75 Å². The molecule has 1 aliphatic rings. The number of halogens is 1. The fourth-order valence-electron chi connectivity index (χ4n) is 3.72. The smallest absolute Gasteiger partial charge is 0.475 e. The Morgan fingerprint density at radius 3 is 2.70 bits per heavy atom. The van der Waals surface area contributed by atoms with Gasteiger partial charge in [0.1, 0.15) is 5.75 Å². The van der Waals surface area contributed by atoms with Gasteiger partial charge in [0.05, 0.1) is 12.5 Å². The van der Waals surface area contributed by atoms with Crippen LogP contribution in [-0.4, -0.2) is 53.6 Å². The lowest BCUT2D eigenvalue weighted by Crippen LogP contribution is -2.48. The van der Waals surface area contributed by atoms with Gasteiger partial charge in [0.2, 0.25) is 5.91 Å². The predicted molar refractivity (Wildman–Crippen MR) is 118 cm³/mol. The third-order valence-electron chi connectivity index (χ3n) is 5.47. The second-order valence-electron chi connectivity index (χ2n) is 7.61. The van der Waals surface area contributed by atoms with E-state index in [1.54, 1.807) is 0 Å². The number of para-hydroxylation sites is 1. The van der Waals surface area contributed by atoms with Crippen molar-refractivity contribution < 1.29 is 19.6 Å². The molecule has 8 heteroatoms. The van der Waals surface area contributed by atoms with Gasteiger partial charge in [0.15, 0.2) is 0 Å². The summed E-state index contributed by atoms with van der Waals surface area (Å²) in [5, 5.41) is 23.1. The Balaban J connectivity index is 1.50. The highest BCUT2D eigenvalue weighted by Crippen LogP contribution is 2.36. The molecule has 2 aromatic rings. The van der Waals surface area contributed by atoms with Crippen LogP contribution in [0.2, 0.25) is 5.02 Å². The van der Waals surface area contributed by atoms with Crippen LogP contribution < -0.4 is 10.1 Å². The zero-order valence-corrected chi connectivity index (χ0v) is 17.9. The van der Waals surface area contributed by atoms with E-state index >= 15 is 0 Å². The molecule has 0 aromatic heterocycles. The number of benzene rings is 2. The second-order valence-corrected chi connectivity index (χ2v) is 8.05. The molecular weight excluding hydrogens is 403 g/mol. The zero-order valence-electron chi connectivity index (χ0n) is 17.1. The second kappa shape index (κ2) is 10.8. The van der Waals surface area contributed by atoms with E-state index in [-0.39, 0.29) is 18.2 Å². The molecule has 0 bridgehead atoms. The highest BCUT2D eigenvalue weighted by molar-refractivity contribution is 6.43. The minimum atomic E-state index is -1.63. The SMILES string of the molecule is CCN(CCC(=O)N[C@@H](C[C@@H]1COc2ccccc21)B(O)O)Cc1ccc(Cl)cc1. The lowest BCUT2D eigenvalue weighted by molar-refractivity contribution is -0.121. The van der Waals surface area contributed by atoms with Gasteiger partial charge in [0, 0.05) is 36.0 Å². The molecule has 0 saturated carbocycles. The van der Waals surface area contributed by atoms with Gasteiger partial charge in [-0.25, -0.2) is 0 Å². The number of amides is 1. The Morgan fingerprint density at radius 1 is 1.27 bits per heavy atom. The van der Waals surface area contributed by atoms with Gasteiger partial charge >= 0.3 is 7.12 Å².